The topological polar surface area (TPSA) is 149 Å². The van der Waals surface area contributed by atoms with Gasteiger partial charge in [0.2, 0.25) is 5.91 Å². The number of aryl methyl sites for hydroxylation is 2. The largest absolute Gasteiger partial charge is 0.492 e. The molecular formula is C21H25N9O3. The summed E-state index contributed by atoms with van der Waals surface area (Å²) < 4.78 is 27.7. The SMILES string of the molecule is [2H]C([2H])([2H])NC(=O)c1nnc(NC(=O)[C@@H]2C[C@H]2C)cc1Nc1nc(C)cc(-c2cnn(C)n2)c1OC. The van der Waals surface area contributed by atoms with Crippen molar-refractivity contribution in [2.75, 3.05) is 24.7 Å². The lowest BCUT2D eigenvalue weighted by atomic mass is 10.1. The molecule has 0 unspecified atom stereocenters. The Kier molecular flexibility index (Phi) is 4.93. The molecular weight excluding hydrogens is 426 g/mol. The van der Waals surface area contributed by atoms with Gasteiger partial charge in [-0.1, -0.05) is 6.92 Å². The van der Waals surface area contributed by atoms with Crippen molar-refractivity contribution in [3.63, 3.8) is 0 Å². The minimum Gasteiger partial charge on any atom is -0.492 e. The van der Waals surface area contributed by atoms with Gasteiger partial charge in [0.05, 0.1) is 24.6 Å². The fourth-order valence-corrected chi connectivity index (χ4v) is 3.42. The minimum atomic E-state index is -2.75. The van der Waals surface area contributed by atoms with E-state index < -0.39 is 12.9 Å². The molecule has 0 radical (unpaired) electrons. The predicted molar refractivity (Wildman–Crippen MR) is 120 cm³/mol. The number of carbonyl (C=O) groups is 2. The first-order chi connectivity index (χ1) is 16.9. The number of nitrogens with one attached hydrogen (secondary N) is 3. The van der Waals surface area contributed by atoms with Gasteiger partial charge in [-0.2, -0.15) is 15.0 Å². The van der Waals surface area contributed by atoms with Crippen molar-refractivity contribution in [3.05, 3.63) is 29.7 Å². The van der Waals surface area contributed by atoms with Gasteiger partial charge in [0.25, 0.3) is 5.91 Å². The van der Waals surface area contributed by atoms with Gasteiger partial charge in [-0.05, 0) is 25.3 Å². The smallest absolute Gasteiger partial charge is 0.273 e. The minimum absolute atomic E-state index is 0.0624. The Hall–Kier alpha value is -4.09. The number of anilines is 3. The molecule has 1 aliphatic carbocycles. The van der Waals surface area contributed by atoms with Gasteiger partial charge >= 0.3 is 0 Å². The van der Waals surface area contributed by atoms with Crippen LogP contribution in [-0.2, 0) is 11.8 Å². The van der Waals surface area contributed by atoms with Crippen LogP contribution in [0.25, 0.3) is 11.3 Å². The Morgan fingerprint density at radius 1 is 1.30 bits per heavy atom. The van der Waals surface area contributed by atoms with Gasteiger partial charge in [-0.3, -0.25) is 9.59 Å². The Bertz CT molecular complexity index is 1330. The highest BCUT2D eigenvalue weighted by molar-refractivity contribution is 6.00. The first-order valence-electron chi connectivity index (χ1n) is 11.7. The molecule has 0 spiro atoms. The fraction of sp³-hybridized carbons (Fsp3) is 0.381. The summed E-state index contributed by atoms with van der Waals surface area (Å²) in [5, 5.41) is 23.8. The van der Waals surface area contributed by atoms with Crippen molar-refractivity contribution in [2.45, 2.75) is 20.3 Å². The number of hydrogen-bond donors (Lipinski definition) is 3. The van der Waals surface area contributed by atoms with E-state index in [2.05, 4.69) is 36.0 Å². The Labute approximate surface area is 194 Å². The summed E-state index contributed by atoms with van der Waals surface area (Å²) >= 11 is 0. The van der Waals surface area contributed by atoms with Crippen LogP contribution >= 0.6 is 0 Å². The molecule has 1 saturated carbocycles. The molecule has 0 bridgehead atoms. The maximum Gasteiger partial charge on any atom is 0.273 e. The van der Waals surface area contributed by atoms with Crippen LogP contribution in [0.5, 0.6) is 5.75 Å². The lowest BCUT2D eigenvalue weighted by Gasteiger charge is -2.16. The Morgan fingerprint density at radius 3 is 2.73 bits per heavy atom. The van der Waals surface area contributed by atoms with E-state index in [1.807, 2.05) is 12.2 Å². The maximum atomic E-state index is 12.7. The lowest BCUT2D eigenvalue weighted by molar-refractivity contribution is -0.117. The molecule has 0 aliphatic heterocycles. The molecule has 2 amide bonds. The van der Waals surface area contributed by atoms with Crippen molar-refractivity contribution in [3.8, 4) is 17.0 Å². The van der Waals surface area contributed by atoms with Crippen LogP contribution in [0, 0.1) is 18.8 Å². The van der Waals surface area contributed by atoms with Crippen LogP contribution in [-0.4, -0.2) is 56.1 Å². The first-order valence-corrected chi connectivity index (χ1v) is 10.2. The fourth-order valence-electron chi connectivity index (χ4n) is 3.42. The molecule has 3 aromatic rings. The number of hydrogen-bond acceptors (Lipinski definition) is 9. The second kappa shape index (κ2) is 8.81. The quantitative estimate of drug-likeness (QED) is 0.485. The summed E-state index contributed by atoms with van der Waals surface area (Å²) in [5.41, 5.74) is 1.48. The normalized spacial score (nSPS) is 18.5. The number of carbonyl (C=O) groups excluding carboxylic acids is 2. The lowest BCUT2D eigenvalue weighted by Crippen LogP contribution is -2.23. The molecule has 4 rings (SSSR count). The Balaban J connectivity index is 1.75. The van der Waals surface area contributed by atoms with E-state index >= 15 is 0 Å². The van der Waals surface area contributed by atoms with Crippen molar-refractivity contribution in [1.82, 2.24) is 35.5 Å². The summed E-state index contributed by atoms with van der Waals surface area (Å²) in [4.78, 5) is 31.0. The summed E-state index contributed by atoms with van der Waals surface area (Å²) in [7, 11) is 3.13. The molecule has 1 fully saturated rings. The summed E-state index contributed by atoms with van der Waals surface area (Å²) in [6.45, 7) is 0.985. The van der Waals surface area contributed by atoms with Crippen LogP contribution in [0.3, 0.4) is 0 Å². The van der Waals surface area contributed by atoms with Crippen molar-refractivity contribution < 1.29 is 18.4 Å². The zero-order valence-corrected chi connectivity index (χ0v) is 18.5. The number of methoxy groups -OCH3 is 1. The molecule has 172 valence electrons. The third-order valence-corrected chi connectivity index (χ3v) is 5.25. The molecule has 3 N–H and O–H groups in total. The zero-order chi connectivity index (χ0) is 26.2. The summed E-state index contributed by atoms with van der Waals surface area (Å²) in [6, 6.07) is 3.15. The van der Waals surface area contributed by atoms with Gasteiger partial charge in [-0.15, -0.1) is 10.2 Å². The monoisotopic (exact) mass is 454 g/mol. The van der Waals surface area contributed by atoms with Crippen LogP contribution in [0.15, 0.2) is 18.3 Å². The molecule has 3 heterocycles. The first kappa shape index (κ1) is 18.5. The number of amides is 2. The predicted octanol–water partition coefficient (Wildman–Crippen LogP) is 1.68. The third kappa shape index (κ3) is 4.59. The van der Waals surface area contributed by atoms with E-state index in [9.17, 15) is 9.59 Å². The molecule has 1 aliphatic rings. The molecule has 3 aromatic heterocycles. The van der Waals surface area contributed by atoms with E-state index in [1.54, 1.807) is 26.2 Å². The average Bonchev–Trinajstić information content (AvgIpc) is 3.36. The number of nitrogens with zero attached hydrogens (tertiary/aromatic N) is 6. The number of ether oxygens (including phenoxy) is 1. The van der Waals surface area contributed by atoms with Crippen molar-refractivity contribution in [2.24, 2.45) is 18.9 Å². The summed E-state index contributed by atoms with van der Waals surface area (Å²) in [5.74, 6) is -0.430. The highest BCUT2D eigenvalue weighted by atomic mass is 16.5. The number of pyridine rings is 1. The molecule has 2 atom stereocenters. The highest BCUT2D eigenvalue weighted by Gasteiger charge is 2.39. The molecule has 0 saturated heterocycles. The molecule has 33 heavy (non-hydrogen) atoms. The second-order valence-corrected chi connectivity index (χ2v) is 7.79. The van der Waals surface area contributed by atoms with Crippen molar-refractivity contribution in [1.29, 1.82) is 0 Å². The van der Waals surface area contributed by atoms with E-state index in [-0.39, 0.29) is 40.8 Å². The number of rotatable bonds is 7. The van der Waals surface area contributed by atoms with Crippen molar-refractivity contribution >= 4 is 29.1 Å². The average molecular weight is 455 g/mol. The molecule has 0 aromatic carbocycles. The number of aromatic nitrogens is 6. The van der Waals surface area contributed by atoms with E-state index in [1.165, 1.54) is 18.0 Å². The summed E-state index contributed by atoms with van der Waals surface area (Å²) in [6.07, 6.45) is 2.34. The van der Waals surface area contributed by atoms with Crippen LogP contribution in [0.4, 0.5) is 17.3 Å². The van der Waals surface area contributed by atoms with Gasteiger partial charge in [0.1, 0.15) is 5.69 Å². The standard InChI is InChI=1S/C21H25N9O3/c1-10-6-12(10)20(31)26-16-8-14(17(28-27-16)21(32)22-3)25-19-18(33-5)13(7-11(2)24-19)15-9-23-30(4)29-15/h7-10,12H,6H2,1-5H3,(H,22,32)(H2,24,25,26,27,31)/t10-,12-/m1/s1/i3D3. The van der Waals surface area contributed by atoms with E-state index in [0.717, 1.165) is 6.42 Å². The Morgan fingerprint density at radius 2 is 2.09 bits per heavy atom. The maximum absolute atomic E-state index is 12.7. The molecule has 12 nitrogen and oxygen atoms in total. The highest BCUT2D eigenvalue weighted by Crippen LogP contribution is 2.39. The van der Waals surface area contributed by atoms with Gasteiger partial charge < -0.3 is 20.7 Å². The van der Waals surface area contributed by atoms with Gasteiger partial charge in [0.15, 0.2) is 23.1 Å². The van der Waals surface area contributed by atoms with Gasteiger partial charge in [0, 0.05) is 35.8 Å². The van der Waals surface area contributed by atoms with Crippen LogP contribution < -0.4 is 20.7 Å². The van der Waals surface area contributed by atoms with E-state index in [0.29, 0.717) is 22.7 Å². The van der Waals surface area contributed by atoms with E-state index in [4.69, 9.17) is 8.85 Å². The zero-order valence-electron chi connectivity index (χ0n) is 21.5. The third-order valence-electron chi connectivity index (χ3n) is 5.25. The molecule has 12 heteroatoms. The second-order valence-electron chi connectivity index (χ2n) is 7.79. The van der Waals surface area contributed by atoms with Gasteiger partial charge in [-0.25, -0.2) is 4.98 Å². The van der Waals surface area contributed by atoms with Crippen LogP contribution in [0.1, 0.15) is 33.6 Å². The van der Waals surface area contributed by atoms with Crippen LogP contribution in [0.2, 0.25) is 0 Å².